The zero-order valence-corrected chi connectivity index (χ0v) is 15.9. The summed E-state index contributed by atoms with van der Waals surface area (Å²) in [5.74, 6) is 0.146. The van der Waals surface area contributed by atoms with E-state index in [1.54, 1.807) is 12.1 Å². The van der Waals surface area contributed by atoms with Gasteiger partial charge in [-0.3, -0.25) is 0 Å². The quantitative estimate of drug-likeness (QED) is 0.794. The number of sulfonamides is 1. The summed E-state index contributed by atoms with van der Waals surface area (Å²) in [7, 11) is -6.82. The molecule has 0 spiro atoms. The van der Waals surface area contributed by atoms with Crippen molar-refractivity contribution in [2.24, 2.45) is 5.92 Å². The molecule has 24 heavy (non-hydrogen) atoms. The van der Waals surface area contributed by atoms with Crippen molar-refractivity contribution in [3.05, 3.63) is 29.3 Å². The van der Waals surface area contributed by atoms with Crippen molar-refractivity contribution in [2.75, 3.05) is 18.1 Å². The minimum absolute atomic E-state index is 0.0656. The first-order valence-corrected chi connectivity index (χ1v) is 11.8. The fourth-order valence-electron chi connectivity index (χ4n) is 3.65. The van der Waals surface area contributed by atoms with Crippen LogP contribution in [-0.2, 0) is 32.7 Å². The van der Waals surface area contributed by atoms with Crippen LogP contribution in [0.25, 0.3) is 0 Å². The molecule has 1 aliphatic carbocycles. The summed E-state index contributed by atoms with van der Waals surface area (Å²) in [6.45, 7) is 4.25. The fourth-order valence-corrected chi connectivity index (χ4v) is 7.34. The number of hydrogen-bond acceptors (Lipinski definition) is 4. The number of aryl methyl sites for hydroxylation is 2. The number of benzene rings is 1. The van der Waals surface area contributed by atoms with Gasteiger partial charge in [-0.2, -0.15) is 4.31 Å². The molecule has 0 aromatic heterocycles. The maximum absolute atomic E-state index is 13.2. The molecule has 5 nitrogen and oxygen atoms in total. The minimum Gasteiger partial charge on any atom is -0.229 e. The van der Waals surface area contributed by atoms with Crippen LogP contribution in [0.2, 0.25) is 0 Å². The molecule has 2 aliphatic rings. The van der Waals surface area contributed by atoms with Crippen molar-refractivity contribution >= 4 is 19.9 Å². The molecule has 1 heterocycles. The highest BCUT2D eigenvalue weighted by Crippen LogP contribution is 2.29. The summed E-state index contributed by atoms with van der Waals surface area (Å²) in [6.07, 6.45) is 3.38. The second-order valence-electron chi connectivity index (χ2n) is 7.31. The lowest BCUT2D eigenvalue weighted by molar-refractivity contribution is 0.308. The molecular formula is C17H25NO4S2. The van der Waals surface area contributed by atoms with E-state index in [0.717, 1.165) is 24.8 Å². The third kappa shape index (κ3) is 3.53. The predicted molar refractivity (Wildman–Crippen MR) is 94.3 cm³/mol. The Balaban J connectivity index is 1.96. The van der Waals surface area contributed by atoms with E-state index in [0.29, 0.717) is 17.9 Å². The van der Waals surface area contributed by atoms with Gasteiger partial charge >= 0.3 is 0 Å². The van der Waals surface area contributed by atoms with Gasteiger partial charge in [0, 0.05) is 12.6 Å². The van der Waals surface area contributed by atoms with Crippen molar-refractivity contribution in [2.45, 2.75) is 50.5 Å². The molecule has 0 saturated carbocycles. The largest absolute Gasteiger partial charge is 0.243 e. The highest BCUT2D eigenvalue weighted by Gasteiger charge is 2.39. The molecule has 1 aliphatic heterocycles. The Labute approximate surface area is 145 Å². The third-order valence-corrected chi connectivity index (χ3v) is 8.50. The standard InChI is InChI=1S/C17H25NO4S2/c1-13(2)11-18(16-8-9-23(19,20)12-16)24(21,22)17-7-6-14-4-3-5-15(14)10-17/h6-7,10,13,16H,3-5,8-9,11-12H2,1-2H3. The number of hydrogen-bond donors (Lipinski definition) is 0. The van der Waals surface area contributed by atoms with Crippen LogP contribution in [0.1, 0.15) is 37.8 Å². The monoisotopic (exact) mass is 371 g/mol. The summed E-state index contributed by atoms with van der Waals surface area (Å²) in [6, 6.07) is 4.93. The Morgan fingerprint density at radius 2 is 1.92 bits per heavy atom. The second-order valence-corrected chi connectivity index (χ2v) is 11.4. The van der Waals surface area contributed by atoms with Crippen LogP contribution in [-0.4, -0.2) is 45.2 Å². The smallest absolute Gasteiger partial charge is 0.229 e. The number of nitrogens with zero attached hydrogens (tertiary/aromatic N) is 1. The van der Waals surface area contributed by atoms with E-state index >= 15 is 0 Å². The molecule has 7 heteroatoms. The Hall–Kier alpha value is -0.920. The molecule has 1 atom stereocenters. The SMILES string of the molecule is CC(C)CN(C1CCS(=O)(=O)C1)S(=O)(=O)c1ccc2c(c1)CCC2. The van der Waals surface area contributed by atoms with Crippen LogP contribution < -0.4 is 0 Å². The van der Waals surface area contributed by atoms with Crippen molar-refractivity contribution in [3.8, 4) is 0 Å². The maximum atomic E-state index is 13.2. The molecule has 0 N–H and O–H groups in total. The molecule has 1 unspecified atom stereocenters. The Morgan fingerprint density at radius 3 is 2.54 bits per heavy atom. The number of fused-ring (bicyclic) bond motifs is 1. The molecule has 1 fully saturated rings. The Morgan fingerprint density at radius 1 is 1.21 bits per heavy atom. The summed E-state index contributed by atoms with van der Waals surface area (Å²) in [5, 5.41) is 0. The molecule has 134 valence electrons. The van der Waals surface area contributed by atoms with Crippen molar-refractivity contribution in [1.29, 1.82) is 0 Å². The predicted octanol–water partition coefficient (Wildman–Crippen LogP) is 2.01. The first kappa shape index (κ1) is 17.9. The molecule has 0 radical (unpaired) electrons. The van der Waals surface area contributed by atoms with Gasteiger partial charge < -0.3 is 0 Å². The van der Waals surface area contributed by atoms with Crippen LogP contribution >= 0.6 is 0 Å². The zero-order chi connectivity index (χ0) is 17.5. The van der Waals surface area contributed by atoms with Gasteiger partial charge in [-0.15, -0.1) is 0 Å². The van der Waals surface area contributed by atoms with Gasteiger partial charge in [-0.25, -0.2) is 16.8 Å². The Bertz CT molecular complexity index is 828. The molecule has 0 amide bonds. The van der Waals surface area contributed by atoms with Gasteiger partial charge in [0.25, 0.3) is 0 Å². The van der Waals surface area contributed by atoms with Crippen LogP contribution in [0.4, 0.5) is 0 Å². The summed E-state index contributed by atoms with van der Waals surface area (Å²) in [4.78, 5) is 0.299. The molecular weight excluding hydrogens is 346 g/mol. The van der Waals surface area contributed by atoms with E-state index in [1.165, 1.54) is 9.87 Å². The Kier molecular flexibility index (Phi) is 4.79. The molecule has 1 saturated heterocycles. The van der Waals surface area contributed by atoms with E-state index in [-0.39, 0.29) is 17.4 Å². The van der Waals surface area contributed by atoms with Crippen LogP contribution in [0.15, 0.2) is 23.1 Å². The average Bonchev–Trinajstić information content (AvgIpc) is 3.09. The minimum atomic E-state index is -3.68. The first-order valence-electron chi connectivity index (χ1n) is 8.53. The molecule has 3 rings (SSSR count). The van der Waals surface area contributed by atoms with E-state index in [4.69, 9.17) is 0 Å². The van der Waals surface area contributed by atoms with E-state index in [2.05, 4.69) is 0 Å². The first-order chi connectivity index (χ1) is 11.2. The van der Waals surface area contributed by atoms with Gasteiger partial charge in [0.1, 0.15) is 0 Å². The van der Waals surface area contributed by atoms with Gasteiger partial charge in [0.2, 0.25) is 10.0 Å². The zero-order valence-electron chi connectivity index (χ0n) is 14.2. The lowest BCUT2D eigenvalue weighted by atomic mass is 10.1. The van der Waals surface area contributed by atoms with Crippen LogP contribution in [0.5, 0.6) is 0 Å². The van der Waals surface area contributed by atoms with Crippen molar-refractivity contribution in [3.63, 3.8) is 0 Å². The highest BCUT2D eigenvalue weighted by atomic mass is 32.2. The molecule has 1 aromatic rings. The average molecular weight is 372 g/mol. The molecule has 0 bridgehead atoms. The number of rotatable bonds is 5. The van der Waals surface area contributed by atoms with Gasteiger partial charge in [-0.1, -0.05) is 19.9 Å². The van der Waals surface area contributed by atoms with E-state index in [1.807, 2.05) is 19.9 Å². The lowest BCUT2D eigenvalue weighted by Gasteiger charge is -2.29. The lowest BCUT2D eigenvalue weighted by Crippen LogP contribution is -2.43. The van der Waals surface area contributed by atoms with Crippen LogP contribution in [0.3, 0.4) is 0 Å². The number of sulfone groups is 1. The third-order valence-electron chi connectivity index (χ3n) is 4.84. The summed E-state index contributed by atoms with van der Waals surface area (Å²) < 4.78 is 51.5. The fraction of sp³-hybridized carbons (Fsp3) is 0.647. The van der Waals surface area contributed by atoms with E-state index in [9.17, 15) is 16.8 Å². The summed E-state index contributed by atoms with van der Waals surface area (Å²) >= 11 is 0. The maximum Gasteiger partial charge on any atom is 0.243 e. The summed E-state index contributed by atoms with van der Waals surface area (Å²) in [5.41, 5.74) is 2.34. The van der Waals surface area contributed by atoms with Crippen LogP contribution in [0, 0.1) is 5.92 Å². The normalized spacial score (nSPS) is 23.1. The van der Waals surface area contributed by atoms with Crippen molar-refractivity contribution < 1.29 is 16.8 Å². The topological polar surface area (TPSA) is 71.5 Å². The van der Waals surface area contributed by atoms with E-state index < -0.39 is 25.9 Å². The highest BCUT2D eigenvalue weighted by molar-refractivity contribution is 7.92. The van der Waals surface area contributed by atoms with Gasteiger partial charge in [0.05, 0.1) is 16.4 Å². The molecule has 1 aromatic carbocycles. The van der Waals surface area contributed by atoms with Crippen molar-refractivity contribution in [1.82, 2.24) is 4.31 Å². The second kappa shape index (κ2) is 6.42. The van der Waals surface area contributed by atoms with Gasteiger partial charge in [0.15, 0.2) is 9.84 Å². The van der Waals surface area contributed by atoms with Gasteiger partial charge in [-0.05, 0) is 54.9 Å².